The molecule has 0 spiro atoms. The van der Waals surface area contributed by atoms with E-state index in [0.717, 1.165) is 11.4 Å². The monoisotopic (exact) mass is 358 g/mol. The van der Waals surface area contributed by atoms with E-state index in [4.69, 9.17) is 16.3 Å². The molecule has 4 nitrogen and oxygen atoms in total. The molecule has 0 bridgehead atoms. The normalized spacial score (nSPS) is 10.4. The van der Waals surface area contributed by atoms with E-state index in [9.17, 15) is 4.79 Å². The molecule has 0 aliphatic rings. The summed E-state index contributed by atoms with van der Waals surface area (Å²) in [6.07, 6.45) is 0. The lowest BCUT2D eigenvalue weighted by atomic mass is 10.3. The molecular formula is C18H15ClN2O2S. The van der Waals surface area contributed by atoms with E-state index in [1.54, 1.807) is 29.2 Å². The number of thiazole rings is 1. The molecular weight excluding hydrogens is 344 g/mol. The average Bonchev–Trinajstić information content (AvgIpc) is 3.00. The second-order valence-electron chi connectivity index (χ2n) is 5.08. The Bertz CT molecular complexity index is 836. The quantitative estimate of drug-likeness (QED) is 0.654. The van der Waals surface area contributed by atoms with Crippen LogP contribution in [0.2, 0.25) is 5.02 Å². The van der Waals surface area contributed by atoms with Gasteiger partial charge in [-0.05, 0) is 37.3 Å². The zero-order valence-corrected chi connectivity index (χ0v) is 14.6. The topological polar surface area (TPSA) is 42.4 Å². The van der Waals surface area contributed by atoms with E-state index < -0.39 is 0 Å². The molecule has 3 aromatic rings. The van der Waals surface area contributed by atoms with E-state index in [1.165, 1.54) is 11.3 Å². The summed E-state index contributed by atoms with van der Waals surface area (Å²) >= 11 is 7.36. The van der Waals surface area contributed by atoms with Crippen molar-refractivity contribution in [2.24, 2.45) is 0 Å². The Morgan fingerprint density at radius 2 is 2.00 bits per heavy atom. The van der Waals surface area contributed by atoms with Crippen LogP contribution in [0.25, 0.3) is 0 Å². The summed E-state index contributed by atoms with van der Waals surface area (Å²) < 4.78 is 5.58. The molecule has 0 unspecified atom stereocenters. The second kappa shape index (κ2) is 7.47. The van der Waals surface area contributed by atoms with Crippen LogP contribution in [0.15, 0.2) is 60.0 Å². The van der Waals surface area contributed by atoms with E-state index in [1.807, 2.05) is 42.6 Å². The standard InChI is InChI=1S/C18H15ClN2O2S/c1-13-12-24-18(20-13)21(15-7-3-2-4-8-15)17(22)11-23-16-9-5-6-14(19)10-16/h2-10,12H,11H2,1H3. The number of hydrogen-bond donors (Lipinski definition) is 0. The summed E-state index contributed by atoms with van der Waals surface area (Å²) in [5.41, 5.74) is 1.63. The van der Waals surface area contributed by atoms with Gasteiger partial charge in [-0.3, -0.25) is 9.69 Å². The first-order valence-electron chi connectivity index (χ1n) is 7.32. The summed E-state index contributed by atoms with van der Waals surface area (Å²) in [5.74, 6) is 0.356. The second-order valence-corrected chi connectivity index (χ2v) is 6.36. The third-order valence-electron chi connectivity index (χ3n) is 3.22. The van der Waals surface area contributed by atoms with Crippen LogP contribution in [-0.4, -0.2) is 17.5 Å². The van der Waals surface area contributed by atoms with Crippen LogP contribution in [0, 0.1) is 6.92 Å². The van der Waals surface area contributed by atoms with Crippen LogP contribution in [0.1, 0.15) is 5.69 Å². The first-order valence-corrected chi connectivity index (χ1v) is 8.58. The van der Waals surface area contributed by atoms with Crippen LogP contribution in [0.5, 0.6) is 5.75 Å². The molecule has 0 atom stereocenters. The molecule has 0 saturated carbocycles. The van der Waals surface area contributed by atoms with Gasteiger partial charge in [0.25, 0.3) is 5.91 Å². The highest BCUT2D eigenvalue weighted by atomic mass is 35.5. The predicted octanol–water partition coefficient (Wildman–Crippen LogP) is 4.85. The molecule has 0 saturated heterocycles. The summed E-state index contributed by atoms with van der Waals surface area (Å²) in [4.78, 5) is 18.7. The number of hydrogen-bond acceptors (Lipinski definition) is 4. The fourth-order valence-electron chi connectivity index (χ4n) is 2.15. The maximum Gasteiger partial charge on any atom is 0.271 e. The van der Waals surface area contributed by atoms with Gasteiger partial charge in [0, 0.05) is 10.4 Å². The maximum absolute atomic E-state index is 12.7. The minimum absolute atomic E-state index is 0.103. The number of benzene rings is 2. The lowest BCUT2D eigenvalue weighted by molar-refractivity contribution is -0.119. The van der Waals surface area contributed by atoms with Gasteiger partial charge >= 0.3 is 0 Å². The molecule has 0 N–H and O–H groups in total. The molecule has 1 amide bonds. The van der Waals surface area contributed by atoms with Gasteiger partial charge in [0.15, 0.2) is 11.7 Å². The van der Waals surface area contributed by atoms with Crippen LogP contribution in [0.4, 0.5) is 10.8 Å². The van der Waals surface area contributed by atoms with E-state index in [2.05, 4.69) is 4.98 Å². The van der Waals surface area contributed by atoms with Crippen molar-refractivity contribution >= 4 is 39.7 Å². The van der Waals surface area contributed by atoms with Gasteiger partial charge in [-0.25, -0.2) is 4.98 Å². The number of nitrogens with zero attached hydrogens (tertiary/aromatic N) is 2. The molecule has 2 aromatic carbocycles. The van der Waals surface area contributed by atoms with Gasteiger partial charge < -0.3 is 4.74 Å². The van der Waals surface area contributed by atoms with Crippen molar-refractivity contribution in [2.45, 2.75) is 6.92 Å². The molecule has 24 heavy (non-hydrogen) atoms. The highest BCUT2D eigenvalue weighted by Gasteiger charge is 2.21. The fourth-order valence-corrected chi connectivity index (χ4v) is 3.17. The van der Waals surface area contributed by atoms with Crippen molar-refractivity contribution < 1.29 is 9.53 Å². The number of carbonyl (C=O) groups is 1. The van der Waals surface area contributed by atoms with Gasteiger partial charge in [0.2, 0.25) is 0 Å². The van der Waals surface area contributed by atoms with Crippen LogP contribution in [0.3, 0.4) is 0 Å². The van der Waals surface area contributed by atoms with E-state index >= 15 is 0 Å². The number of carbonyl (C=O) groups excluding carboxylic acids is 1. The van der Waals surface area contributed by atoms with Gasteiger partial charge in [0.1, 0.15) is 5.75 Å². The highest BCUT2D eigenvalue weighted by Crippen LogP contribution is 2.28. The number of halogens is 1. The predicted molar refractivity (Wildman–Crippen MR) is 97.4 cm³/mol. The van der Waals surface area contributed by atoms with Crippen molar-refractivity contribution in [3.63, 3.8) is 0 Å². The zero-order valence-electron chi connectivity index (χ0n) is 13.0. The molecule has 3 rings (SSSR count). The Kier molecular flexibility index (Phi) is 5.13. The average molecular weight is 359 g/mol. The van der Waals surface area contributed by atoms with E-state index in [-0.39, 0.29) is 12.5 Å². The van der Waals surface area contributed by atoms with Crippen molar-refractivity contribution in [2.75, 3.05) is 11.5 Å². The molecule has 1 heterocycles. The Morgan fingerprint density at radius 1 is 1.21 bits per heavy atom. The minimum Gasteiger partial charge on any atom is -0.484 e. The number of para-hydroxylation sites is 1. The van der Waals surface area contributed by atoms with Gasteiger partial charge in [-0.1, -0.05) is 35.9 Å². The minimum atomic E-state index is -0.199. The lowest BCUT2D eigenvalue weighted by Gasteiger charge is -2.20. The number of aromatic nitrogens is 1. The van der Waals surface area contributed by atoms with Crippen molar-refractivity contribution in [3.8, 4) is 5.75 Å². The molecule has 6 heteroatoms. The largest absolute Gasteiger partial charge is 0.484 e. The molecule has 0 radical (unpaired) electrons. The van der Waals surface area contributed by atoms with Crippen molar-refractivity contribution in [1.82, 2.24) is 4.98 Å². The number of ether oxygens (including phenoxy) is 1. The third kappa shape index (κ3) is 3.93. The van der Waals surface area contributed by atoms with Crippen molar-refractivity contribution in [3.05, 3.63) is 70.7 Å². The summed E-state index contributed by atoms with van der Waals surface area (Å²) in [6.45, 7) is 1.80. The molecule has 0 aliphatic heterocycles. The number of aryl methyl sites for hydroxylation is 1. The van der Waals surface area contributed by atoms with Gasteiger partial charge in [-0.15, -0.1) is 11.3 Å². The highest BCUT2D eigenvalue weighted by molar-refractivity contribution is 7.14. The molecule has 1 aromatic heterocycles. The molecule has 0 aliphatic carbocycles. The van der Waals surface area contributed by atoms with Gasteiger partial charge in [0.05, 0.1) is 11.4 Å². The Morgan fingerprint density at radius 3 is 2.67 bits per heavy atom. The summed E-state index contributed by atoms with van der Waals surface area (Å²) in [5, 5.41) is 3.10. The first-order chi connectivity index (χ1) is 11.6. The van der Waals surface area contributed by atoms with Crippen LogP contribution >= 0.6 is 22.9 Å². The molecule has 122 valence electrons. The van der Waals surface area contributed by atoms with Crippen LogP contribution < -0.4 is 9.64 Å². The van der Waals surface area contributed by atoms with E-state index in [0.29, 0.717) is 15.9 Å². The summed E-state index contributed by atoms with van der Waals surface area (Å²) in [6, 6.07) is 16.4. The Labute approximate surface area is 149 Å². The lowest BCUT2D eigenvalue weighted by Crippen LogP contribution is -2.30. The Hall–Kier alpha value is -2.37. The summed E-state index contributed by atoms with van der Waals surface area (Å²) in [7, 11) is 0. The maximum atomic E-state index is 12.7. The number of anilines is 2. The first kappa shape index (κ1) is 16.5. The third-order valence-corrected chi connectivity index (χ3v) is 4.40. The van der Waals surface area contributed by atoms with Crippen molar-refractivity contribution in [1.29, 1.82) is 0 Å². The fraction of sp³-hybridized carbons (Fsp3) is 0.111. The number of amides is 1. The van der Waals surface area contributed by atoms with Crippen LogP contribution in [-0.2, 0) is 4.79 Å². The zero-order chi connectivity index (χ0) is 16.9. The number of rotatable bonds is 5. The smallest absolute Gasteiger partial charge is 0.271 e. The van der Waals surface area contributed by atoms with Gasteiger partial charge in [-0.2, -0.15) is 0 Å². The Balaban J connectivity index is 1.81. The SMILES string of the molecule is Cc1csc(N(C(=O)COc2cccc(Cl)c2)c2ccccc2)n1. The molecule has 0 fully saturated rings.